The van der Waals surface area contributed by atoms with Gasteiger partial charge in [0.1, 0.15) is 0 Å². The number of aromatic nitrogens is 2. The third kappa shape index (κ3) is 3.97. The van der Waals surface area contributed by atoms with E-state index in [9.17, 15) is 9.59 Å². The van der Waals surface area contributed by atoms with Crippen molar-refractivity contribution in [3.63, 3.8) is 0 Å². The third-order valence-corrected chi connectivity index (χ3v) is 4.12. The molecule has 0 unspecified atom stereocenters. The number of rotatable bonds is 7. The number of nitrogens with one attached hydrogen (secondary N) is 1. The molecule has 0 aliphatic carbocycles. The first kappa shape index (κ1) is 16.7. The van der Waals surface area contributed by atoms with Crippen molar-refractivity contribution >= 4 is 11.9 Å². The van der Waals surface area contributed by atoms with Gasteiger partial charge in [0.25, 0.3) is 5.91 Å². The lowest BCUT2D eigenvalue weighted by Crippen LogP contribution is -2.49. The van der Waals surface area contributed by atoms with Gasteiger partial charge in [-0.1, -0.05) is 13.8 Å². The summed E-state index contributed by atoms with van der Waals surface area (Å²) >= 11 is 0. The fraction of sp³-hybridized carbons (Fsp3) is 0.353. The zero-order valence-electron chi connectivity index (χ0n) is 13.3. The Morgan fingerprint density at radius 3 is 2.35 bits per heavy atom. The van der Waals surface area contributed by atoms with Crippen molar-refractivity contribution in [2.45, 2.75) is 38.6 Å². The molecule has 0 bridgehead atoms. The van der Waals surface area contributed by atoms with Gasteiger partial charge in [-0.2, -0.15) is 5.10 Å². The van der Waals surface area contributed by atoms with Gasteiger partial charge < -0.3 is 10.4 Å². The molecule has 0 aliphatic heterocycles. The molecule has 0 atom stereocenters. The van der Waals surface area contributed by atoms with Crippen LogP contribution in [0.25, 0.3) is 5.69 Å². The van der Waals surface area contributed by atoms with Crippen LogP contribution in [0.3, 0.4) is 0 Å². The van der Waals surface area contributed by atoms with E-state index in [1.165, 1.54) is 0 Å². The lowest BCUT2D eigenvalue weighted by atomic mass is 9.88. The quantitative estimate of drug-likeness (QED) is 0.822. The smallest absolute Gasteiger partial charge is 0.305 e. The van der Waals surface area contributed by atoms with Crippen molar-refractivity contribution in [2.75, 3.05) is 0 Å². The molecule has 2 N–H and O–H groups in total. The topological polar surface area (TPSA) is 84.2 Å². The number of nitrogens with zero attached hydrogens (tertiary/aromatic N) is 2. The van der Waals surface area contributed by atoms with E-state index in [1.807, 2.05) is 26.1 Å². The van der Waals surface area contributed by atoms with Gasteiger partial charge in [0, 0.05) is 18.0 Å². The van der Waals surface area contributed by atoms with Gasteiger partial charge >= 0.3 is 5.97 Å². The summed E-state index contributed by atoms with van der Waals surface area (Å²) in [6, 6.07) is 8.85. The van der Waals surface area contributed by atoms with Crippen molar-refractivity contribution < 1.29 is 14.7 Å². The molecule has 1 aromatic heterocycles. The summed E-state index contributed by atoms with van der Waals surface area (Å²) in [6.45, 7) is 3.76. The van der Waals surface area contributed by atoms with Crippen LogP contribution in [0.5, 0.6) is 0 Å². The van der Waals surface area contributed by atoms with Gasteiger partial charge in [0.2, 0.25) is 0 Å². The average molecular weight is 315 g/mol. The van der Waals surface area contributed by atoms with E-state index in [4.69, 9.17) is 5.11 Å². The summed E-state index contributed by atoms with van der Waals surface area (Å²) in [5.41, 5.74) is 0.635. The Morgan fingerprint density at radius 2 is 1.87 bits per heavy atom. The maximum atomic E-state index is 12.4. The molecular weight excluding hydrogens is 294 g/mol. The third-order valence-electron chi connectivity index (χ3n) is 4.12. The minimum Gasteiger partial charge on any atom is -0.481 e. The van der Waals surface area contributed by atoms with Crippen LogP contribution in [0.15, 0.2) is 42.7 Å². The molecule has 122 valence electrons. The second kappa shape index (κ2) is 7.09. The standard InChI is InChI=1S/C17H21N3O3/c1-3-17(4-2,12-15(21)22)19-16(23)13-6-8-14(9-7-13)20-11-5-10-18-20/h5-11H,3-4,12H2,1-2H3,(H,19,23)(H,21,22). The van der Waals surface area contributed by atoms with Crippen LogP contribution in [0.2, 0.25) is 0 Å². The molecule has 2 aromatic rings. The van der Waals surface area contributed by atoms with Gasteiger partial charge in [-0.3, -0.25) is 9.59 Å². The van der Waals surface area contributed by atoms with Crippen molar-refractivity contribution in [1.82, 2.24) is 15.1 Å². The average Bonchev–Trinajstić information content (AvgIpc) is 3.08. The Labute approximate surface area is 135 Å². The summed E-state index contributed by atoms with van der Waals surface area (Å²) in [5.74, 6) is -1.18. The van der Waals surface area contributed by atoms with Crippen LogP contribution in [0, 0.1) is 0 Å². The molecular formula is C17H21N3O3. The maximum Gasteiger partial charge on any atom is 0.305 e. The summed E-state index contributed by atoms with van der Waals surface area (Å²) in [5, 5.41) is 16.1. The van der Waals surface area contributed by atoms with Gasteiger partial charge in [-0.05, 0) is 43.2 Å². The first-order chi connectivity index (χ1) is 11.0. The van der Waals surface area contributed by atoms with E-state index >= 15 is 0 Å². The first-order valence-electron chi connectivity index (χ1n) is 7.64. The Bertz CT molecular complexity index is 659. The number of carbonyl (C=O) groups is 2. The van der Waals surface area contributed by atoms with E-state index in [0.717, 1.165) is 5.69 Å². The van der Waals surface area contributed by atoms with Gasteiger partial charge in [0.05, 0.1) is 17.6 Å². The van der Waals surface area contributed by atoms with Crippen LogP contribution >= 0.6 is 0 Å². The molecule has 0 saturated heterocycles. The van der Waals surface area contributed by atoms with Gasteiger partial charge in [-0.25, -0.2) is 4.68 Å². The molecule has 1 heterocycles. The van der Waals surface area contributed by atoms with E-state index in [2.05, 4.69) is 10.4 Å². The highest BCUT2D eigenvalue weighted by Gasteiger charge is 2.31. The van der Waals surface area contributed by atoms with Crippen LogP contribution in [-0.4, -0.2) is 32.3 Å². The Hall–Kier alpha value is -2.63. The van der Waals surface area contributed by atoms with Crippen molar-refractivity contribution in [2.24, 2.45) is 0 Å². The predicted octanol–water partition coefficient (Wildman–Crippen LogP) is 2.64. The number of benzene rings is 1. The Balaban J connectivity index is 2.14. The highest BCUT2D eigenvalue weighted by Crippen LogP contribution is 2.21. The second-order valence-electron chi connectivity index (χ2n) is 5.51. The number of carboxylic acid groups (broad SMARTS) is 1. The highest BCUT2D eigenvalue weighted by molar-refractivity contribution is 5.95. The molecule has 0 aliphatic rings. The number of amides is 1. The lowest BCUT2D eigenvalue weighted by molar-refractivity contribution is -0.138. The second-order valence-corrected chi connectivity index (χ2v) is 5.51. The Morgan fingerprint density at radius 1 is 1.22 bits per heavy atom. The summed E-state index contributed by atoms with van der Waals surface area (Å²) in [4.78, 5) is 23.5. The zero-order chi connectivity index (χ0) is 16.9. The molecule has 1 aromatic carbocycles. The fourth-order valence-electron chi connectivity index (χ4n) is 2.51. The molecule has 0 spiro atoms. The van der Waals surface area contributed by atoms with E-state index in [0.29, 0.717) is 18.4 Å². The fourth-order valence-corrected chi connectivity index (χ4v) is 2.51. The molecule has 1 amide bonds. The summed E-state index contributed by atoms with van der Waals surface area (Å²) in [7, 11) is 0. The van der Waals surface area contributed by atoms with Crippen LogP contribution in [0.4, 0.5) is 0 Å². The van der Waals surface area contributed by atoms with Crippen LogP contribution in [-0.2, 0) is 4.79 Å². The Kier molecular flexibility index (Phi) is 5.16. The van der Waals surface area contributed by atoms with Crippen molar-refractivity contribution in [3.8, 4) is 5.69 Å². The zero-order valence-corrected chi connectivity index (χ0v) is 13.3. The molecule has 0 saturated carbocycles. The number of carboxylic acids is 1. The van der Waals surface area contributed by atoms with Crippen molar-refractivity contribution in [1.29, 1.82) is 0 Å². The normalized spacial score (nSPS) is 11.2. The number of aliphatic carboxylic acids is 1. The van der Waals surface area contributed by atoms with Crippen LogP contribution in [0.1, 0.15) is 43.5 Å². The van der Waals surface area contributed by atoms with E-state index in [1.54, 1.807) is 35.1 Å². The maximum absolute atomic E-state index is 12.4. The molecule has 23 heavy (non-hydrogen) atoms. The highest BCUT2D eigenvalue weighted by atomic mass is 16.4. The van der Waals surface area contributed by atoms with E-state index in [-0.39, 0.29) is 12.3 Å². The SMILES string of the molecule is CCC(CC)(CC(=O)O)NC(=O)c1ccc(-n2cccn2)cc1. The number of carbonyl (C=O) groups excluding carboxylic acids is 1. The number of hydrogen-bond donors (Lipinski definition) is 2. The minimum atomic E-state index is -0.914. The number of hydrogen-bond acceptors (Lipinski definition) is 3. The molecule has 0 fully saturated rings. The first-order valence-corrected chi connectivity index (χ1v) is 7.64. The summed E-state index contributed by atoms with van der Waals surface area (Å²) < 4.78 is 1.70. The molecule has 2 rings (SSSR count). The van der Waals surface area contributed by atoms with Gasteiger partial charge in [0.15, 0.2) is 0 Å². The predicted molar refractivity (Wildman–Crippen MR) is 86.6 cm³/mol. The van der Waals surface area contributed by atoms with Gasteiger partial charge in [-0.15, -0.1) is 0 Å². The monoisotopic (exact) mass is 315 g/mol. The minimum absolute atomic E-state index is 0.0862. The molecule has 6 nitrogen and oxygen atoms in total. The largest absolute Gasteiger partial charge is 0.481 e. The van der Waals surface area contributed by atoms with Crippen LogP contribution < -0.4 is 5.32 Å². The molecule has 6 heteroatoms. The van der Waals surface area contributed by atoms with Crippen molar-refractivity contribution in [3.05, 3.63) is 48.3 Å². The lowest BCUT2D eigenvalue weighted by Gasteiger charge is -2.31. The summed E-state index contributed by atoms with van der Waals surface area (Å²) in [6.07, 6.45) is 4.54. The van der Waals surface area contributed by atoms with E-state index < -0.39 is 11.5 Å². The molecule has 0 radical (unpaired) electrons.